The van der Waals surface area contributed by atoms with Crippen LogP contribution in [0.15, 0.2) is 47.6 Å². The summed E-state index contributed by atoms with van der Waals surface area (Å²) in [5.41, 5.74) is 0.514. The van der Waals surface area contributed by atoms with Gasteiger partial charge in [0.1, 0.15) is 16.4 Å². The molecule has 2 heterocycles. The van der Waals surface area contributed by atoms with Crippen LogP contribution in [0.4, 0.5) is 5.69 Å². The van der Waals surface area contributed by atoms with Gasteiger partial charge in [0.2, 0.25) is 15.9 Å². The molecule has 0 spiro atoms. The van der Waals surface area contributed by atoms with Gasteiger partial charge in [-0.2, -0.15) is 4.31 Å². The molecule has 1 aromatic carbocycles. The van der Waals surface area contributed by atoms with E-state index in [1.165, 1.54) is 29.9 Å². The van der Waals surface area contributed by atoms with Crippen LogP contribution in [0.2, 0.25) is 0 Å². The third-order valence-electron chi connectivity index (χ3n) is 4.69. The quantitative estimate of drug-likeness (QED) is 0.791. The zero-order chi connectivity index (χ0) is 20.1. The van der Waals surface area contributed by atoms with E-state index in [4.69, 9.17) is 9.47 Å². The highest BCUT2D eigenvalue weighted by atomic mass is 32.2. The van der Waals surface area contributed by atoms with Gasteiger partial charge in [-0.05, 0) is 37.1 Å². The van der Waals surface area contributed by atoms with Gasteiger partial charge in [-0.25, -0.2) is 8.42 Å². The summed E-state index contributed by atoms with van der Waals surface area (Å²) in [6, 6.07) is 8.18. The minimum Gasteiger partial charge on any atom is -0.497 e. The molecule has 1 aromatic heterocycles. The van der Waals surface area contributed by atoms with E-state index in [-0.39, 0.29) is 17.3 Å². The summed E-state index contributed by atoms with van der Waals surface area (Å²) in [5.74, 6) is 0.395. The Morgan fingerprint density at radius 3 is 2.75 bits per heavy atom. The van der Waals surface area contributed by atoms with E-state index < -0.39 is 15.9 Å². The van der Waals surface area contributed by atoms with Crippen molar-refractivity contribution in [1.82, 2.24) is 9.29 Å². The largest absolute Gasteiger partial charge is 0.497 e. The van der Waals surface area contributed by atoms with Crippen LogP contribution >= 0.6 is 0 Å². The molecule has 1 amide bonds. The number of aromatic nitrogens is 1. The van der Waals surface area contributed by atoms with Gasteiger partial charge < -0.3 is 14.8 Å². The zero-order valence-corrected chi connectivity index (χ0v) is 16.6. The molecule has 9 heteroatoms. The molecule has 150 valence electrons. The summed E-state index contributed by atoms with van der Waals surface area (Å²) < 4.78 is 37.4. The second kappa shape index (κ2) is 8.57. The number of pyridine rings is 1. The normalized spacial score (nSPS) is 17.7. The highest BCUT2D eigenvalue weighted by Crippen LogP contribution is 2.30. The van der Waals surface area contributed by atoms with E-state index in [1.807, 2.05) is 0 Å². The number of nitrogens with zero attached hydrogens (tertiary/aromatic N) is 2. The van der Waals surface area contributed by atoms with Gasteiger partial charge in [0.25, 0.3) is 0 Å². The Bertz CT molecular complexity index is 934. The van der Waals surface area contributed by atoms with Crippen molar-refractivity contribution >= 4 is 21.6 Å². The number of amides is 1. The first-order valence-corrected chi connectivity index (χ1v) is 10.3. The molecular weight excluding hydrogens is 382 g/mol. The minimum atomic E-state index is -3.67. The van der Waals surface area contributed by atoms with Crippen LogP contribution in [0.1, 0.15) is 12.8 Å². The molecule has 1 aliphatic heterocycles. The Morgan fingerprint density at radius 1 is 1.25 bits per heavy atom. The number of sulfonamides is 1. The Hall–Kier alpha value is -2.65. The molecule has 0 unspecified atom stereocenters. The molecule has 0 radical (unpaired) electrons. The van der Waals surface area contributed by atoms with Gasteiger partial charge >= 0.3 is 0 Å². The lowest BCUT2D eigenvalue weighted by atomic mass is 9.98. The second-order valence-corrected chi connectivity index (χ2v) is 8.38. The van der Waals surface area contributed by atoms with Crippen LogP contribution in [-0.4, -0.2) is 50.9 Å². The zero-order valence-electron chi connectivity index (χ0n) is 15.8. The number of rotatable bonds is 6. The predicted octanol–water partition coefficient (Wildman–Crippen LogP) is 2.14. The maximum atomic E-state index is 12.8. The maximum absolute atomic E-state index is 12.8. The fourth-order valence-electron chi connectivity index (χ4n) is 3.16. The Labute approximate surface area is 164 Å². The summed E-state index contributed by atoms with van der Waals surface area (Å²) in [6.07, 6.45) is 4.07. The first-order valence-electron chi connectivity index (χ1n) is 8.88. The minimum absolute atomic E-state index is 0.127. The molecule has 1 saturated heterocycles. The average Bonchev–Trinajstić information content (AvgIpc) is 2.74. The molecule has 0 aliphatic carbocycles. The monoisotopic (exact) mass is 405 g/mol. The van der Waals surface area contributed by atoms with Gasteiger partial charge in [0.15, 0.2) is 0 Å². The number of ether oxygens (including phenoxy) is 2. The molecule has 1 atom stereocenters. The van der Waals surface area contributed by atoms with Crippen molar-refractivity contribution in [3.8, 4) is 11.5 Å². The molecule has 1 N–H and O–H groups in total. The van der Waals surface area contributed by atoms with E-state index >= 15 is 0 Å². The smallest absolute Gasteiger partial charge is 0.244 e. The van der Waals surface area contributed by atoms with Crippen LogP contribution < -0.4 is 14.8 Å². The molecule has 1 fully saturated rings. The second-order valence-electron chi connectivity index (χ2n) is 6.45. The third kappa shape index (κ3) is 4.26. The number of methoxy groups -OCH3 is 2. The first-order chi connectivity index (χ1) is 13.5. The van der Waals surface area contributed by atoms with E-state index in [2.05, 4.69) is 10.3 Å². The Kier molecular flexibility index (Phi) is 6.15. The van der Waals surface area contributed by atoms with Crippen molar-refractivity contribution in [3.05, 3.63) is 42.7 Å². The average molecular weight is 405 g/mol. The molecule has 1 aliphatic rings. The third-order valence-corrected chi connectivity index (χ3v) is 6.54. The van der Waals surface area contributed by atoms with Gasteiger partial charge in [-0.15, -0.1) is 0 Å². The number of benzene rings is 1. The van der Waals surface area contributed by atoms with E-state index in [0.717, 1.165) is 0 Å². The van der Waals surface area contributed by atoms with Crippen LogP contribution in [0.3, 0.4) is 0 Å². The number of piperidine rings is 1. The number of carbonyl (C=O) groups excluding carboxylic acids is 1. The lowest BCUT2D eigenvalue weighted by Gasteiger charge is -2.31. The number of anilines is 1. The van der Waals surface area contributed by atoms with Gasteiger partial charge in [0, 0.05) is 31.5 Å². The molecule has 28 heavy (non-hydrogen) atoms. The van der Waals surface area contributed by atoms with Crippen molar-refractivity contribution in [2.75, 3.05) is 32.6 Å². The van der Waals surface area contributed by atoms with Gasteiger partial charge in [-0.3, -0.25) is 9.78 Å². The number of hydrogen-bond acceptors (Lipinski definition) is 6. The number of nitrogens with one attached hydrogen (secondary N) is 1. The summed E-state index contributed by atoms with van der Waals surface area (Å²) in [7, 11) is -0.618. The molecule has 2 aromatic rings. The van der Waals surface area contributed by atoms with E-state index in [9.17, 15) is 13.2 Å². The lowest BCUT2D eigenvalue weighted by molar-refractivity contribution is -0.120. The van der Waals surface area contributed by atoms with Gasteiger partial charge in [-0.1, -0.05) is 0 Å². The molecule has 3 rings (SSSR count). The summed E-state index contributed by atoms with van der Waals surface area (Å²) >= 11 is 0. The van der Waals surface area contributed by atoms with Crippen molar-refractivity contribution in [2.24, 2.45) is 5.92 Å². The highest BCUT2D eigenvalue weighted by molar-refractivity contribution is 7.89. The maximum Gasteiger partial charge on any atom is 0.244 e. The van der Waals surface area contributed by atoms with E-state index in [0.29, 0.717) is 36.6 Å². The summed E-state index contributed by atoms with van der Waals surface area (Å²) in [6.45, 7) is 0.508. The molecule has 8 nitrogen and oxygen atoms in total. The van der Waals surface area contributed by atoms with Crippen LogP contribution in [0.25, 0.3) is 0 Å². The summed E-state index contributed by atoms with van der Waals surface area (Å²) in [5, 5.41) is 2.84. The Balaban J connectivity index is 1.73. The summed E-state index contributed by atoms with van der Waals surface area (Å²) in [4.78, 5) is 16.8. The van der Waals surface area contributed by atoms with E-state index in [1.54, 1.807) is 31.4 Å². The van der Waals surface area contributed by atoms with Crippen LogP contribution in [0, 0.1) is 5.92 Å². The Morgan fingerprint density at radius 2 is 2.07 bits per heavy atom. The van der Waals surface area contributed by atoms with Crippen LogP contribution in [-0.2, 0) is 14.8 Å². The van der Waals surface area contributed by atoms with Crippen molar-refractivity contribution in [2.45, 2.75) is 17.7 Å². The van der Waals surface area contributed by atoms with Crippen molar-refractivity contribution in [3.63, 3.8) is 0 Å². The highest BCUT2D eigenvalue weighted by Gasteiger charge is 2.33. The fraction of sp³-hybridized carbons (Fsp3) is 0.368. The standard InChI is InChI=1S/C19H23N3O5S/c1-26-15-7-8-17(18(11-15)27-2)21-19(23)14-5-4-10-22(13-14)28(24,25)16-6-3-9-20-12-16/h3,6-9,11-12,14H,4-5,10,13H2,1-2H3,(H,21,23)/t14-/m1/s1. The molecular formula is C19H23N3O5S. The number of hydrogen-bond donors (Lipinski definition) is 1. The van der Waals surface area contributed by atoms with Crippen molar-refractivity contribution in [1.29, 1.82) is 0 Å². The fourth-order valence-corrected chi connectivity index (χ4v) is 4.65. The lowest BCUT2D eigenvalue weighted by Crippen LogP contribution is -2.43. The topological polar surface area (TPSA) is 97.8 Å². The van der Waals surface area contributed by atoms with Gasteiger partial charge in [0.05, 0.1) is 25.8 Å². The SMILES string of the molecule is COc1ccc(NC(=O)[C@@H]2CCCN(S(=O)(=O)c3cccnc3)C2)c(OC)c1. The van der Waals surface area contributed by atoms with Crippen molar-refractivity contribution < 1.29 is 22.7 Å². The molecule has 0 bridgehead atoms. The molecule has 0 saturated carbocycles. The predicted molar refractivity (Wildman–Crippen MR) is 104 cm³/mol. The first kappa shape index (κ1) is 20.1. The van der Waals surface area contributed by atoms with Crippen LogP contribution in [0.5, 0.6) is 11.5 Å². The number of carbonyl (C=O) groups is 1.